The third-order valence-electron chi connectivity index (χ3n) is 4.02. The molecule has 0 spiro atoms. The van der Waals surface area contributed by atoms with Crippen LogP contribution in [0.25, 0.3) is 0 Å². The first-order chi connectivity index (χ1) is 12.2. The van der Waals surface area contributed by atoms with E-state index in [2.05, 4.69) is 12.1 Å². The Kier molecular flexibility index (Phi) is 6.84. The van der Waals surface area contributed by atoms with Gasteiger partial charge in [-0.1, -0.05) is 12.1 Å². The normalized spacial score (nSPS) is 21.2. The number of hydrogen-bond acceptors (Lipinski definition) is 7. The van der Waals surface area contributed by atoms with Gasteiger partial charge in [0.15, 0.2) is 6.61 Å². The second-order valence-corrected chi connectivity index (χ2v) is 9.69. The Morgan fingerprint density at radius 1 is 1.12 bits per heavy atom. The molecule has 5 nitrogen and oxygen atoms in total. The molecule has 0 radical (unpaired) electrons. The molecule has 1 amide bonds. The summed E-state index contributed by atoms with van der Waals surface area (Å²) in [5, 5.41) is -0.302. The van der Waals surface area contributed by atoms with E-state index in [1.165, 1.54) is 35.9 Å². The van der Waals surface area contributed by atoms with E-state index in [1.807, 2.05) is 35.7 Å². The van der Waals surface area contributed by atoms with Crippen LogP contribution in [0.1, 0.15) is 10.1 Å². The fraction of sp³-hybridized carbons (Fsp3) is 0.529. The highest BCUT2D eigenvalue weighted by atomic mass is 32.2. The SMILES string of the molecule is COC(=O)[C@H]1CN(C(=O)COc2ccc(C3SCCS3)cc2)CCS1. The summed E-state index contributed by atoms with van der Waals surface area (Å²) < 4.78 is 10.9. The number of benzene rings is 1. The molecule has 0 unspecified atom stereocenters. The molecule has 25 heavy (non-hydrogen) atoms. The van der Waals surface area contributed by atoms with Gasteiger partial charge in [-0.15, -0.1) is 35.3 Å². The standard InChI is InChI=1S/C17H21NO4S3/c1-21-16(20)14-10-18(6-7-23-14)15(19)11-22-13-4-2-12(3-5-13)17-24-8-9-25-17/h2-5,14,17H,6-11H2,1H3/t14-/m1/s1. The van der Waals surface area contributed by atoms with E-state index in [4.69, 9.17) is 9.47 Å². The fourth-order valence-electron chi connectivity index (χ4n) is 2.66. The minimum atomic E-state index is -0.302. The van der Waals surface area contributed by atoms with Crippen LogP contribution >= 0.6 is 35.3 Å². The summed E-state index contributed by atoms with van der Waals surface area (Å²) in [5.74, 6) is 3.45. The highest BCUT2D eigenvalue weighted by molar-refractivity contribution is 8.19. The van der Waals surface area contributed by atoms with Crippen molar-refractivity contribution in [1.29, 1.82) is 0 Å². The van der Waals surface area contributed by atoms with Gasteiger partial charge in [0.05, 0.1) is 11.7 Å². The van der Waals surface area contributed by atoms with Gasteiger partial charge in [0, 0.05) is 30.3 Å². The van der Waals surface area contributed by atoms with Gasteiger partial charge in [0.2, 0.25) is 0 Å². The van der Waals surface area contributed by atoms with Crippen molar-refractivity contribution in [2.45, 2.75) is 9.83 Å². The minimum Gasteiger partial charge on any atom is -0.484 e. The predicted molar refractivity (Wildman–Crippen MR) is 104 cm³/mol. The molecule has 2 saturated heterocycles. The maximum atomic E-state index is 12.3. The van der Waals surface area contributed by atoms with Crippen LogP contribution in [0.15, 0.2) is 24.3 Å². The maximum absolute atomic E-state index is 12.3. The zero-order chi connectivity index (χ0) is 17.6. The molecule has 0 bridgehead atoms. The van der Waals surface area contributed by atoms with Crippen LogP contribution in [0.2, 0.25) is 0 Å². The Balaban J connectivity index is 1.49. The lowest BCUT2D eigenvalue weighted by atomic mass is 10.2. The summed E-state index contributed by atoms with van der Waals surface area (Å²) in [6.07, 6.45) is 0. The first-order valence-electron chi connectivity index (χ1n) is 8.10. The molecule has 2 fully saturated rings. The monoisotopic (exact) mass is 399 g/mol. The number of methoxy groups -OCH3 is 1. The van der Waals surface area contributed by atoms with Crippen molar-refractivity contribution in [3.8, 4) is 5.75 Å². The van der Waals surface area contributed by atoms with Crippen LogP contribution in [0.4, 0.5) is 0 Å². The topological polar surface area (TPSA) is 55.8 Å². The molecular formula is C17H21NO4S3. The highest BCUT2D eigenvalue weighted by Gasteiger charge is 2.29. The van der Waals surface area contributed by atoms with Crippen molar-refractivity contribution in [2.75, 3.05) is 44.1 Å². The summed E-state index contributed by atoms with van der Waals surface area (Å²) >= 11 is 5.46. The van der Waals surface area contributed by atoms with Gasteiger partial charge in [0.1, 0.15) is 11.0 Å². The molecule has 1 atom stereocenters. The van der Waals surface area contributed by atoms with Gasteiger partial charge in [-0.25, -0.2) is 0 Å². The number of nitrogens with zero attached hydrogens (tertiary/aromatic N) is 1. The van der Waals surface area contributed by atoms with E-state index < -0.39 is 0 Å². The van der Waals surface area contributed by atoms with E-state index in [0.717, 1.165) is 5.75 Å². The van der Waals surface area contributed by atoms with Crippen LogP contribution in [0.3, 0.4) is 0 Å². The number of carbonyl (C=O) groups is 2. The molecule has 3 rings (SSSR count). The molecule has 2 aliphatic heterocycles. The lowest BCUT2D eigenvalue weighted by molar-refractivity contribution is -0.141. The molecule has 0 saturated carbocycles. The van der Waals surface area contributed by atoms with Crippen LogP contribution in [0, 0.1) is 0 Å². The Hall–Kier alpha value is -0.990. The van der Waals surface area contributed by atoms with Crippen molar-refractivity contribution in [3.63, 3.8) is 0 Å². The average Bonchev–Trinajstić information content (AvgIpc) is 3.20. The molecule has 8 heteroatoms. The van der Waals surface area contributed by atoms with Crippen molar-refractivity contribution < 1.29 is 19.1 Å². The first-order valence-corrected chi connectivity index (χ1v) is 11.2. The van der Waals surface area contributed by atoms with E-state index in [1.54, 1.807) is 4.90 Å². The summed E-state index contributed by atoms with van der Waals surface area (Å²) in [6, 6.07) is 7.98. The number of amides is 1. The van der Waals surface area contributed by atoms with Gasteiger partial charge in [-0.3, -0.25) is 9.59 Å². The number of esters is 1. The molecule has 0 aromatic heterocycles. The van der Waals surface area contributed by atoms with Crippen LogP contribution in [0.5, 0.6) is 5.75 Å². The highest BCUT2D eigenvalue weighted by Crippen LogP contribution is 2.45. The number of ether oxygens (including phenoxy) is 2. The smallest absolute Gasteiger partial charge is 0.320 e. The summed E-state index contributed by atoms with van der Waals surface area (Å²) in [7, 11) is 1.37. The number of rotatable bonds is 5. The van der Waals surface area contributed by atoms with E-state index in [9.17, 15) is 9.59 Å². The van der Waals surface area contributed by atoms with Crippen LogP contribution in [-0.2, 0) is 14.3 Å². The zero-order valence-corrected chi connectivity index (χ0v) is 16.5. The Labute approximate surface area is 160 Å². The third-order valence-corrected chi connectivity index (χ3v) is 8.29. The van der Waals surface area contributed by atoms with E-state index in [0.29, 0.717) is 23.4 Å². The molecule has 2 aliphatic rings. The number of hydrogen-bond donors (Lipinski definition) is 0. The summed E-state index contributed by atoms with van der Waals surface area (Å²) in [5.41, 5.74) is 1.29. The molecule has 1 aromatic carbocycles. The van der Waals surface area contributed by atoms with Crippen molar-refractivity contribution in [3.05, 3.63) is 29.8 Å². The molecular weight excluding hydrogens is 378 g/mol. The number of carbonyl (C=O) groups excluding carboxylic acids is 2. The summed E-state index contributed by atoms with van der Waals surface area (Å²) in [4.78, 5) is 25.7. The Bertz CT molecular complexity index is 604. The Morgan fingerprint density at radius 2 is 1.84 bits per heavy atom. The van der Waals surface area contributed by atoms with E-state index >= 15 is 0 Å². The predicted octanol–water partition coefficient (Wildman–Crippen LogP) is 2.66. The van der Waals surface area contributed by atoms with Gasteiger partial charge in [0.25, 0.3) is 5.91 Å². The largest absolute Gasteiger partial charge is 0.484 e. The van der Waals surface area contributed by atoms with Crippen LogP contribution < -0.4 is 4.74 Å². The van der Waals surface area contributed by atoms with Gasteiger partial charge < -0.3 is 14.4 Å². The van der Waals surface area contributed by atoms with Crippen molar-refractivity contribution >= 4 is 47.2 Å². The van der Waals surface area contributed by atoms with E-state index in [-0.39, 0.29) is 23.7 Å². The summed E-state index contributed by atoms with van der Waals surface area (Å²) in [6.45, 7) is 1.01. The molecule has 2 heterocycles. The molecule has 136 valence electrons. The fourth-order valence-corrected chi connectivity index (χ4v) is 6.65. The lowest BCUT2D eigenvalue weighted by Gasteiger charge is -2.30. The van der Waals surface area contributed by atoms with Gasteiger partial charge in [-0.2, -0.15) is 0 Å². The first kappa shape index (κ1) is 18.8. The van der Waals surface area contributed by atoms with Crippen molar-refractivity contribution in [1.82, 2.24) is 4.90 Å². The zero-order valence-electron chi connectivity index (χ0n) is 14.0. The quantitative estimate of drug-likeness (QED) is 0.706. The van der Waals surface area contributed by atoms with Gasteiger partial charge >= 0.3 is 5.97 Å². The second-order valence-electron chi connectivity index (χ2n) is 5.65. The third kappa shape index (κ3) is 5.01. The second kappa shape index (κ2) is 9.09. The molecule has 1 aromatic rings. The van der Waals surface area contributed by atoms with Crippen LogP contribution in [-0.4, -0.2) is 66.1 Å². The number of thioether (sulfide) groups is 3. The molecule has 0 aliphatic carbocycles. The maximum Gasteiger partial charge on any atom is 0.320 e. The van der Waals surface area contributed by atoms with Crippen molar-refractivity contribution in [2.24, 2.45) is 0 Å². The van der Waals surface area contributed by atoms with Gasteiger partial charge in [-0.05, 0) is 17.7 Å². The average molecular weight is 400 g/mol. The Morgan fingerprint density at radius 3 is 2.52 bits per heavy atom. The lowest BCUT2D eigenvalue weighted by Crippen LogP contribution is -2.46. The molecule has 0 N–H and O–H groups in total. The minimum absolute atomic E-state index is 0.00909.